The van der Waals surface area contributed by atoms with Gasteiger partial charge in [-0.3, -0.25) is 0 Å². The predicted octanol–water partition coefficient (Wildman–Crippen LogP) is 3.99. The lowest BCUT2D eigenvalue weighted by Gasteiger charge is -2.31. The van der Waals surface area contributed by atoms with Gasteiger partial charge in [-0.15, -0.1) is 11.3 Å². The standard InChI is InChI=1S/C21H24N2O2S/c1-23-11-9-17(10-12-23)25-20(16-6-4-5-15(13-16)14-24)21-22-18-7-2-3-8-19(18)26-21/h2-8,13,17,20,24H,9-12,14H2,1H3. The molecule has 0 aliphatic carbocycles. The lowest BCUT2D eigenvalue weighted by molar-refractivity contribution is -0.0234. The number of benzene rings is 2. The summed E-state index contributed by atoms with van der Waals surface area (Å²) < 4.78 is 7.76. The second-order valence-electron chi connectivity index (χ2n) is 6.94. The van der Waals surface area contributed by atoms with Crippen LogP contribution in [0.2, 0.25) is 0 Å². The Labute approximate surface area is 158 Å². The van der Waals surface area contributed by atoms with Crippen molar-refractivity contribution in [3.63, 3.8) is 0 Å². The Morgan fingerprint density at radius 1 is 1.19 bits per heavy atom. The first-order valence-electron chi connectivity index (χ1n) is 9.12. The highest BCUT2D eigenvalue weighted by atomic mass is 32.1. The number of aromatic nitrogens is 1. The van der Waals surface area contributed by atoms with Crippen LogP contribution < -0.4 is 0 Å². The van der Waals surface area contributed by atoms with Crippen molar-refractivity contribution >= 4 is 21.6 Å². The molecule has 0 spiro atoms. The smallest absolute Gasteiger partial charge is 0.134 e. The number of likely N-dealkylation sites (tertiary alicyclic amines) is 1. The van der Waals surface area contributed by atoms with Crippen molar-refractivity contribution in [3.05, 3.63) is 64.7 Å². The quantitative estimate of drug-likeness (QED) is 0.740. The molecule has 1 aromatic heterocycles. The molecule has 0 amide bonds. The minimum atomic E-state index is -0.188. The van der Waals surface area contributed by atoms with Gasteiger partial charge in [0.15, 0.2) is 0 Å². The van der Waals surface area contributed by atoms with E-state index in [9.17, 15) is 5.11 Å². The van der Waals surface area contributed by atoms with Gasteiger partial charge in [0.25, 0.3) is 0 Å². The van der Waals surface area contributed by atoms with E-state index in [1.165, 1.54) is 4.70 Å². The molecule has 1 atom stereocenters. The maximum absolute atomic E-state index is 9.52. The van der Waals surface area contributed by atoms with E-state index in [4.69, 9.17) is 9.72 Å². The summed E-state index contributed by atoms with van der Waals surface area (Å²) in [5.41, 5.74) is 2.98. The summed E-state index contributed by atoms with van der Waals surface area (Å²) in [5.74, 6) is 0. The fourth-order valence-corrected chi connectivity index (χ4v) is 4.48. The van der Waals surface area contributed by atoms with Crippen LogP contribution in [0.5, 0.6) is 0 Å². The van der Waals surface area contributed by atoms with E-state index in [0.29, 0.717) is 0 Å². The third-order valence-corrected chi connectivity index (χ3v) is 6.04. The van der Waals surface area contributed by atoms with Crippen molar-refractivity contribution in [3.8, 4) is 0 Å². The molecule has 1 unspecified atom stereocenters. The highest BCUT2D eigenvalue weighted by molar-refractivity contribution is 7.18. The van der Waals surface area contributed by atoms with Gasteiger partial charge in [-0.25, -0.2) is 4.98 Å². The Kier molecular flexibility index (Phi) is 5.31. The third kappa shape index (κ3) is 3.81. The topological polar surface area (TPSA) is 45.6 Å². The van der Waals surface area contributed by atoms with Crippen LogP contribution >= 0.6 is 11.3 Å². The first-order valence-corrected chi connectivity index (χ1v) is 9.94. The van der Waals surface area contributed by atoms with E-state index in [1.54, 1.807) is 11.3 Å². The molecule has 1 aliphatic rings. The predicted molar refractivity (Wildman–Crippen MR) is 105 cm³/mol. The van der Waals surface area contributed by atoms with Gasteiger partial charge >= 0.3 is 0 Å². The molecule has 1 saturated heterocycles. The van der Waals surface area contributed by atoms with E-state index in [0.717, 1.165) is 47.6 Å². The summed E-state index contributed by atoms with van der Waals surface area (Å²) in [6.07, 6.45) is 2.13. The molecule has 26 heavy (non-hydrogen) atoms. The molecule has 4 rings (SSSR count). The van der Waals surface area contributed by atoms with Crippen molar-refractivity contribution in [2.45, 2.75) is 31.7 Å². The lowest BCUT2D eigenvalue weighted by Crippen LogP contribution is -2.35. The summed E-state index contributed by atoms with van der Waals surface area (Å²) in [7, 11) is 2.16. The van der Waals surface area contributed by atoms with Crippen LogP contribution in [-0.2, 0) is 11.3 Å². The molecular formula is C21H24N2O2S. The number of ether oxygens (including phenoxy) is 1. The van der Waals surface area contributed by atoms with E-state index in [-0.39, 0.29) is 18.8 Å². The number of hydrogen-bond donors (Lipinski definition) is 1. The summed E-state index contributed by atoms with van der Waals surface area (Å²) in [6.45, 7) is 2.16. The summed E-state index contributed by atoms with van der Waals surface area (Å²) in [4.78, 5) is 7.19. The van der Waals surface area contributed by atoms with Crippen molar-refractivity contribution in [2.75, 3.05) is 20.1 Å². The second-order valence-corrected chi connectivity index (χ2v) is 8.00. The lowest BCUT2D eigenvalue weighted by atomic mass is 10.0. The van der Waals surface area contributed by atoms with Crippen molar-refractivity contribution in [1.29, 1.82) is 0 Å². The zero-order valence-corrected chi connectivity index (χ0v) is 15.8. The van der Waals surface area contributed by atoms with Gasteiger partial charge in [-0.2, -0.15) is 0 Å². The van der Waals surface area contributed by atoms with E-state index in [1.807, 2.05) is 36.4 Å². The number of piperidine rings is 1. The average Bonchev–Trinajstić information content (AvgIpc) is 3.11. The molecule has 4 nitrogen and oxygen atoms in total. The van der Waals surface area contributed by atoms with Gasteiger partial charge in [0.05, 0.1) is 22.9 Å². The molecule has 2 heterocycles. The Morgan fingerprint density at radius 2 is 2.00 bits per heavy atom. The number of hydrogen-bond acceptors (Lipinski definition) is 5. The molecule has 3 aromatic rings. The fraction of sp³-hybridized carbons (Fsp3) is 0.381. The zero-order valence-electron chi connectivity index (χ0n) is 15.0. The van der Waals surface area contributed by atoms with Gasteiger partial charge in [0.2, 0.25) is 0 Å². The molecule has 1 aliphatic heterocycles. The summed E-state index contributed by atoms with van der Waals surface area (Å²) in [5, 5.41) is 10.5. The number of rotatable bonds is 5. The monoisotopic (exact) mass is 368 g/mol. The zero-order chi connectivity index (χ0) is 17.9. The van der Waals surface area contributed by atoms with Crippen molar-refractivity contribution in [1.82, 2.24) is 9.88 Å². The SMILES string of the molecule is CN1CCC(OC(c2cccc(CO)c2)c2nc3ccccc3s2)CC1. The molecule has 2 aromatic carbocycles. The van der Waals surface area contributed by atoms with Crippen LogP contribution in [-0.4, -0.2) is 41.2 Å². The number of nitrogens with zero attached hydrogens (tertiary/aromatic N) is 2. The highest BCUT2D eigenvalue weighted by Gasteiger charge is 2.26. The molecule has 0 bridgehead atoms. The summed E-state index contributed by atoms with van der Waals surface area (Å²) in [6, 6.07) is 16.2. The average molecular weight is 369 g/mol. The minimum Gasteiger partial charge on any atom is -0.392 e. The molecule has 0 radical (unpaired) electrons. The largest absolute Gasteiger partial charge is 0.392 e. The van der Waals surface area contributed by atoms with E-state index in [2.05, 4.69) is 24.1 Å². The van der Waals surface area contributed by atoms with E-state index < -0.39 is 0 Å². The Morgan fingerprint density at radius 3 is 2.77 bits per heavy atom. The molecule has 1 fully saturated rings. The Hall–Kier alpha value is -1.79. The van der Waals surface area contributed by atoms with Crippen LogP contribution in [0.3, 0.4) is 0 Å². The molecule has 1 N–H and O–H groups in total. The Balaban J connectivity index is 1.68. The molecule has 0 saturated carbocycles. The number of fused-ring (bicyclic) bond motifs is 1. The molecular weight excluding hydrogens is 344 g/mol. The van der Waals surface area contributed by atoms with Gasteiger partial charge in [-0.05, 0) is 43.1 Å². The van der Waals surface area contributed by atoms with Gasteiger partial charge < -0.3 is 14.7 Å². The first kappa shape index (κ1) is 17.6. The van der Waals surface area contributed by atoms with Crippen LogP contribution in [0.4, 0.5) is 0 Å². The second kappa shape index (κ2) is 7.84. The van der Waals surface area contributed by atoms with Crippen LogP contribution in [0.1, 0.15) is 35.1 Å². The maximum atomic E-state index is 9.52. The molecule has 5 heteroatoms. The summed E-state index contributed by atoms with van der Waals surface area (Å²) >= 11 is 1.69. The highest BCUT2D eigenvalue weighted by Crippen LogP contribution is 2.35. The number of para-hydroxylation sites is 1. The van der Waals surface area contributed by atoms with E-state index >= 15 is 0 Å². The maximum Gasteiger partial charge on any atom is 0.134 e. The van der Waals surface area contributed by atoms with Gasteiger partial charge in [0, 0.05) is 13.1 Å². The molecule has 136 valence electrons. The van der Waals surface area contributed by atoms with Crippen molar-refractivity contribution < 1.29 is 9.84 Å². The number of thiazole rings is 1. The minimum absolute atomic E-state index is 0.0363. The van der Waals surface area contributed by atoms with Crippen LogP contribution in [0, 0.1) is 0 Å². The van der Waals surface area contributed by atoms with Crippen LogP contribution in [0.15, 0.2) is 48.5 Å². The van der Waals surface area contributed by atoms with Gasteiger partial charge in [0.1, 0.15) is 11.1 Å². The number of aliphatic hydroxyl groups excluding tert-OH is 1. The van der Waals surface area contributed by atoms with Crippen LogP contribution in [0.25, 0.3) is 10.2 Å². The van der Waals surface area contributed by atoms with Crippen molar-refractivity contribution in [2.24, 2.45) is 0 Å². The fourth-order valence-electron chi connectivity index (χ4n) is 3.45. The normalized spacial score (nSPS) is 17.6. The Bertz CT molecular complexity index is 838. The van der Waals surface area contributed by atoms with Gasteiger partial charge in [-0.1, -0.05) is 36.4 Å². The number of aliphatic hydroxyl groups is 1. The first-order chi connectivity index (χ1) is 12.7. The third-order valence-electron chi connectivity index (χ3n) is 4.97.